The third kappa shape index (κ3) is 5.08. The molecule has 0 atom stereocenters. The first-order chi connectivity index (χ1) is 14.1. The van der Waals surface area contributed by atoms with Crippen LogP contribution in [0, 0.1) is 5.92 Å². The van der Waals surface area contributed by atoms with Crippen LogP contribution in [0.5, 0.6) is 5.75 Å². The van der Waals surface area contributed by atoms with E-state index < -0.39 is 5.60 Å². The lowest BCUT2D eigenvalue weighted by Crippen LogP contribution is -2.48. The molecule has 1 fully saturated rings. The Kier molecular flexibility index (Phi) is 7.48. The first-order valence-corrected chi connectivity index (χ1v) is 11.1. The third-order valence-corrected chi connectivity index (χ3v) is 5.81. The molecule has 158 valence electrons. The second-order valence-corrected chi connectivity index (χ2v) is 8.19. The number of rotatable bonds is 9. The van der Waals surface area contributed by atoms with Gasteiger partial charge in [0.2, 0.25) is 0 Å². The number of nitrogens with one attached hydrogen (secondary N) is 1. The van der Waals surface area contributed by atoms with E-state index in [2.05, 4.69) is 31.1 Å². The van der Waals surface area contributed by atoms with Crippen LogP contribution in [-0.4, -0.2) is 29.7 Å². The van der Waals surface area contributed by atoms with Crippen LogP contribution >= 0.6 is 0 Å². The number of carbonyl (C=O) groups is 1. The van der Waals surface area contributed by atoms with Gasteiger partial charge < -0.3 is 14.8 Å². The van der Waals surface area contributed by atoms with Crippen molar-refractivity contribution in [2.45, 2.75) is 71.3 Å². The van der Waals surface area contributed by atoms with E-state index in [1.807, 2.05) is 24.3 Å². The summed E-state index contributed by atoms with van der Waals surface area (Å²) in [5.74, 6) is 1.36. The lowest BCUT2D eigenvalue weighted by atomic mass is 9.78. The molecule has 0 radical (unpaired) electrons. The molecule has 5 heteroatoms. The van der Waals surface area contributed by atoms with Crippen molar-refractivity contribution in [3.05, 3.63) is 30.5 Å². The standard InChI is InChI=1S/C24H34N2O3/c1-4-6-17-28-21-10-9-20(19-8-7-15-25-22(19)21)26-23(27)24(29-16-5-2)13-11-18(3)12-14-24/h7-10,15,18H,4-6,11-14,16-17H2,1-3H3,(H,26,27). The Morgan fingerprint density at radius 2 is 1.97 bits per heavy atom. The molecule has 29 heavy (non-hydrogen) atoms. The van der Waals surface area contributed by atoms with Crippen LogP contribution in [0.15, 0.2) is 30.5 Å². The molecule has 1 aliphatic carbocycles. The van der Waals surface area contributed by atoms with E-state index in [4.69, 9.17) is 9.47 Å². The summed E-state index contributed by atoms with van der Waals surface area (Å²) < 4.78 is 12.1. The molecule has 2 aromatic rings. The zero-order valence-electron chi connectivity index (χ0n) is 18.0. The number of fused-ring (bicyclic) bond motifs is 1. The zero-order valence-corrected chi connectivity index (χ0v) is 18.0. The molecule has 1 saturated carbocycles. The van der Waals surface area contributed by atoms with E-state index in [0.29, 0.717) is 19.1 Å². The number of hydrogen-bond acceptors (Lipinski definition) is 4. The minimum atomic E-state index is -0.729. The molecule has 1 amide bonds. The van der Waals surface area contributed by atoms with Crippen LogP contribution in [0.4, 0.5) is 5.69 Å². The normalized spacial score (nSPS) is 21.8. The molecule has 1 aliphatic rings. The predicted molar refractivity (Wildman–Crippen MR) is 117 cm³/mol. The van der Waals surface area contributed by atoms with Gasteiger partial charge >= 0.3 is 0 Å². The molecule has 0 saturated heterocycles. The van der Waals surface area contributed by atoms with Gasteiger partial charge in [0.1, 0.15) is 16.9 Å². The van der Waals surface area contributed by atoms with E-state index in [-0.39, 0.29) is 5.91 Å². The van der Waals surface area contributed by atoms with Gasteiger partial charge in [-0.3, -0.25) is 9.78 Å². The molecule has 0 aliphatic heterocycles. The smallest absolute Gasteiger partial charge is 0.256 e. The number of anilines is 1. The van der Waals surface area contributed by atoms with Crippen LogP contribution < -0.4 is 10.1 Å². The molecule has 3 rings (SSSR count). The van der Waals surface area contributed by atoms with E-state index in [9.17, 15) is 4.79 Å². The van der Waals surface area contributed by atoms with Gasteiger partial charge in [-0.15, -0.1) is 0 Å². The first-order valence-electron chi connectivity index (χ1n) is 11.1. The largest absolute Gasteiger partial charge is 0.491 e. The maximum Gasteiger partial charge on any atom is 0.256 e. The molecule has 1 N–H and O–H groups in total. The second kappa shape index (κ2) is 10.1. The van der Waals surface area contributed by atoms with Gasteiger partial charge in [-0.1, -0.05) is 27.2 Å². The number of amides is 1. The lowest BCUT2D eigenvalue weighted by molar-refractivity contribution is -0.147. The number of aromatic nitrogens is 1. The molecule has 0 bridgehead atoms. The van der Waals surface area contributed by atoms with E-state index in [0.717, 1.165) is 67.3 Å². The van der Waals surface area contributed by atoms with Crippen molar-refractivity contribution in [2.24, 2.45) is 5.92 Å². The minimum Gasteiger partial charge on any atom is -0.491 e. The predicted octanol–water partition coefficient (Wildman–Crippen LogP) is 5.73. The van der Waals surface area contributed by atoms with Crippen molar-refractivity contribution in [3.8, 4) is 5.75 Å². The fraction of sp³-hybridized carbons (Fsp3) is 0.583. The summed E-state index contributed by atoms with van der Waals surface area (Å²) in [6, 6.07) is 7.69. The average molecular weight is 399 g/mol. The van der Waals surface area contributed by atoms with E-state index >= 15 is 0 Å². The van der Waals surface area contributed by atoms with Gasteiger partial charge in [-0.25, -0.2) is 0 Å². The van der Waals surface area contributed by atoms with Crippen LogP contribution in [0.1, 0.15) is 65.7 Å². The zero-order chi connectivity index (χ0) is 20.7. The number of hydrogen-bond donors (Lipinski definition) is 1. The van der Waals surface area contributed by atoms with Crippen molar-refractivity contribution < 1.29 is 14.3 Å². The summed E-state index contributed by atoms with van der Waals surface area (Å²) in [5.41, 5.74) is 0.814. The number of pyridine rings is 1. The highest BCUT2D eigenvalue weighted by Crippen LogP contribution is 2.37. The fourth-order valence-corrected chi connectivity index (χ4v) is 3.90. The van der Waals surface area contributed by atoms with Crippen LogP contribution in [0.3, 0.4) is 0 Å². The molecule has 0 unspecified atom stereocenters. The quantitative estimate of drug-likeness (QED) is 0.548. The van der Waals surface area contributed by atoms with Gasteiger partial charge in [0, 0.05) is 18.2 Å². The topological polar surface area (TPSA) is 60.5 Å². The molecule has 1 aromatic carbocycles. The molecular formula is C24H34N2O3. The highest BCUT2D eigenvalue weighted by molar-refractivity contribution is 6.05. The Bertz CT molecular complexity index is 807. The van der Waals surface area contributed by atoms with E-state index in [1.54, 1.807) is 6.20 Å². The van der Waals surface area contributed by atoms with Crippen molar-refractivity contribution >= 4 is 22.5 Å². The highest BCUT2D eigenvalue weighted by Gasteiger charge is 2.42. The summed E-state index contributed by atoms with van der Waals surface area (Å²) in [7, 11) is 0. The first kappa shape index (κ1) is 21.6. The van der Waals surface area contributed by atoms with Gasteiger partial charge in [-0.05, 0) is 68.7 Å². The van der Waals surface area contributed by atoms with E-state index in [1.165, 1.54) is 0 Å². The maximum atomic E-state index is 13.4. The average Bonchev–Trinajstić information content (AvgIpc) is 2.75. The molecular weight excluding hydrogens is 364 g/mol. The van der Waals surface area contributed by atoms with Crippen molar-refractivity contribution in [1.82, 2.24) is 4.98 Å². The van der Waals surface area contributed by atoms with Gasteiger partial charge in [-0.2, -0.15) is 0 Å². The minimum absolute atomic E-state index is 0.0392. The Balaban J connectivity index is 1.84. The Labute approximate surface area is 174 Å². The lowest BCUT2D eigenvalue weighted by Gasteiger charge is -2.38. The number of benzene rings is 1. The Morgan fingerprint density at radius 3 is 2.69 bits per heavy atom. The van der Waals surface area contributed by atoms with Crippen LogP contribution in [-0.2, 0) is 9.53 Å². The van der Waals surface area contributed by atoms with Gasteiger partial charge in [0.25, 0.3) is 5.91 Å². The third-order valence-electron chi connectivity index (χ3n) is 5.81. The second-order valence-electron chi connectivity index (χ2n) is 8.19. The van der Waals surface area contributed by atoms with Crippen molar-refractivity contribution in [2.75, 3.05) is 18.5 Å². The summed E-state index contributed by atoms with van der Waals surface area (Å²) in [6.07, 6.45) is 8.33. The monoisotopic (exact) mass is 398 g/mol. The molecule has 5 nitrogen and oxygen atoms in total. The summed E-state index contributed by atoms with van der Waals surface area (Å²) in [6.45, 7) is 7.74. The van der Waals surface area contributed by atoms with Gasteiger partial charge in [0.15, 0.2) is 0 Å². The number of unbranched alkanes of at least 4 members (excludes halogenated alkanes) is 1. The number of carbonyl (C=O) groups excluding carboxylic acids is 1. The van der Waals surface area contributed by atoms with Gasteiger partial charge in [0.05, 0.1) is 12.3 Å². The van der Waals surface area contributed by atoms with Crippen molar-refractivity contribution in [3.63, 3.8) is 0 Å². The molecule has 0 spiro atoms. The number of nitrogens with zero attached hydrogens (tertiary/aromatic N) is 1. The van der Waals surface area contributed by atoms with Crippen LogP contribution in [0.25, 0.3) is 10.9 Å². The SMILES string of the molecule is CCCCOc1ccc(NC(=O)C2(OCCC)CCC(C)CC2)c2cccnc12. The Morgan fingerprint density at radius 1 is 1.17 bits per heavy atom. The molecule has 1 heterocycles. The molecule has 1 aromatic heterocycles. The number of ether oxygens (including phenoxy) is 2. The summed E-state index contributed by atoms with van der Waals surface area (Å²) in [5, 5.41) is 4.05. The van der Waals surface area contributed by atoms with Crippen molar-refractivity contribution in [1.29, 1.82) is 0 Å². The van der Waals surface area contributed by atoms with Crippen LogP contribution in [0.2, 0.25) is 0 Å². The fourth-order valence-electron chi connectivity index (χ4n) is 3.90. The highest BCUT2D eigenvalue weighted by atomic mass is 16.5. The summed E-state index contributed by atoms with van der Waals surface area (Å²) >= 11 is 0. The Hall–Kier alpha value is -2.14. The maximum absolute atomic E-state index is 13.4. The summed E-state index contributed by atoms with van der Waals surface area (Å²) in [4.78, 5) is 17.9.